The number of rotatable bonds is 5. The fourth-order valence-electron chi connectivity index (χ4n) is 1.56. The van der Waals surface area contributed by atoms with Gasteiger partial charge >= 0.3 is 0 Å². The van der Waals surface area contributed by atoms with Gasteiger partial charge in [0.05, 0.1) is 21.5 Å². The van der Waals surface area contributed by atoms with E-state index in [0.29, 0.717) is 5.56 Å². The number of carbonyl (C=O) groups excluding carboxylic acids is 1. The van der Waals surface area contributed by atoms with Crippen molar-refractivity contribution >= 4 is 37.3 Å². The molecule has 0 spiro atoms. The Morgan fingerprint density at radius 2 is 2.21 bits per heavy atom. The monoisotopic (exact) mass is 298 g/mol. The molecule has 2 aromatic rings. The van der Waals surface area contributed by atoms with Crippen LogP contribution in [0.2, 0.25) is 0 Å². The molecule has 7 heteroatoms. The molecule has 0 atom stereocenters. The second kappa shape index (κ2) is 5.66. The summed E-state index contributed by atoms with van der Waals surface area (Å²) in [6, 6.07) is 5.23. The molecule has 0 fully saturated rings. The fraction of sp³-hybridized carbons (Fsp3) is 0.333. The first-order chi connectivity index (χ1) is 9.02. The van der Waals surface area contributed by atoms with Crippen molar-refractivity contribution in [1.82, 2.24) is 10.3 Å². The number of carbonyl (C=O) groups is 1. The number of hydrogen-bond acceptors (Lipinski definition) is 5. The number of amides is 1. The van der Waals surface area contributed by atoms with Crippen LogP contribution in [0.25, 0.3) is 10.2 Å². The van der Waals surface area contributed by atoms with E-state index in [1.54, 1.807) is 30.6 Å². The minimum Gasteiger partial charge on any atom is -0.351 e. The fourth-order valence-corrected chi connectivity index (χ4v) is 2.98. The number of hydrogen-bond donors (Lipinski definition) is 1. The van der Waals surface area contributed by atoms with Crippen LogP contribution in [0.4, 0.5) is 0 Å². The number of sulfone groups is 1. The van der Waals surface area contributed by atoms with Gasteiger partial charge in [0.25, 0.3) is 5.91 Å². The Balaban J connectivity index is 2.00. The lowest BCUT2D eigenvalue weighted by atomic mass is 10.2. The predicted octanol–water partition coefficient (Wildman–Crippen LogP) is 1.46. The van der Waals surface area contributed by atoms with Crippen LogP contribution in [0.3, 0.4) is 0 Å². The lowest BCUT2D eigenvalue weighted by Crippen LogP contribution is -2.29. The molecule has 0 aliphatic carbocycles. The van der Waals surface area contributed by atoms with E-state index >= 15 is 0 Å². The van der Waals surface area contributed by atoms with E-state index in [1.807, 2.05) is 0 Å². The van der Waals surface area contributed by atoms with Crippen LogP contribution < -0.4 is 5.32 Å². The maximum Gasteiger partial charge on any atom is 0.251 e. The van der Waals surface area contributed by atoms with Crippen molar-refractivity contribution in [2.75, 3.05) is 18.1 Å². The molecule has 0 aliphatic rings. The predicted molar refractivity (Wildman–Crippen MR) is 76.3 cm³/mol. The molecule has 0 aliphatic heterocycles. The van der Waals surface area contributed by atoms with Gasteiger partial charge in [-0.3, -0.25) is 4.79 Å². The quantitative estimate of drug-likeness (QED) is 0.906. The lowest BCUT2D eigenvalue weighted by Gasteiger charge is -2.05. The number of aromatic nitrogens is 1. The van der Waals surface area contributed by atoms with Gasteiger partial charge in [-0.15, -0.1) is 11.3 Å². The highest BCUT2D eigenvalue weighted by Crippen LogP contribution is 2.18. The average molecular weight is 298 g/mol. The first-order valence-electron chi connectivity index (χ1n) is 5.84. The van der Waals surface area contributed by atoms with Gasteiger partial charge < -0.3 is 5.32 Å². The maximum atomic E-state index is 11.9. The van der Waals surface area contributed by atoms with E-state index in [9.17, 15) is 13.2 Å². The zero-order valence-electron chi connectivity index (χ0n) is 10.4. The normalized spacial score (nSPS) is 11.6. The Kier molecular flexibility index (Phi) is 4.16. The summed E-state index contributed by atoms with van der Waals surface area (Å²) in [4.78, 5) is 16.0. The van der Waals surface area contributed by atoms with Crippen molar-refractivity contribution < 1.29 is 13.2 Å². The highest BCUT2D eigenvalue weighted by Gasteiger charge is 2.10. The van der Waals surface area contributed by atoms with Gasteiger partial charge in [-0.2, -0.15) is 0 Å². The Morgan fingerprint density at radius 3 is 2.95 bits per heavy atom. The molecule has 0 unspecified atom stereocenters. The summed E-state index contributed by atoms with van der Waals surface area (Å²) in [7, 11) is -3.05. The Bertz CT molecular complexity index is 692. The molecule has 1 amide bonds. The molecular formula is C12H14N2O3S2. The standard InChI is InChI=1S/C12H14N2O3S2/c1-2-19(16,17)6-5-13-12(15)9-3-4-10-11(7-9)18-8-14-10/h3-4,7-8H,2,5-6H2,1H3,(H,13,15). The van der Waals surface area contributed by atoms with E-state index in [1.165, 1.54) is 11.3 Å². The molecule has 2 rings (SSSR count). The van der Waals surface area contributed by atoms with Crippen LogP contribution in [0.15, 0.2) is 23.7 Å². The smallest absolute Gasteiger partial charge is 0.251 e. The summed E-state index contributed by atoms with van der Waals surface area (Å²) in [5.74, 6) is -0.199. The summed E-state index contributed by atoms with van der Waals surface area (Å²) in [5, 5.41) is 2.61. The second-order valence-electron chi connectivity index (χ2n) is 4.03. The van der Waals surface area contributed by atoms with Crippen LogP contribution >= 0.6 is 11.3 Å². The highest BCUT2D eigenvalue weighted by molar-refractivity contribution is 7.91. The lowest BCUT2D eigenvalue weighted by molar-refractivity contribution is 0.0956. The molecule has 1 aromatic heterocycles. The first-order valence-corrected chi connectivity index (χ1v) is 8.54. The second-order valence-corrected chi connectivity index (χ2v) is 7.39. The summed E-state index contributed by atoms with van der Waals surface area (Å²) < 4.78 is 23.5. The molecule has 1 heterocycles. The Hall–Kier alpha value is -1.47. The molecule has 5 nitrogen and oxygen atoms in total. The molecule has 0 saturated carbocycles. The number of benzene rings is 1. The summed E-state index contributed by atoms with van der Waals surface area (Å²) >= 11 is 1.46. The average Bonchev–Trinajstić information content (AvgIpc) is 2.85. The van der Waals surface area contributed by atoms with E-state index in [2.05, 4.69) is 10.3 Å². The molecule has 0 radical (unpaired) electrons. The van der Waals surface area contributed by atoms with E-state index in [0.717, 1.165) is 10.2 Å². The number of thiazole rings is 1. The zero-order valence-corrected chi connectivity index (χ0v) is 12.1. The van der Waals surface area contributed by atoms with Crippen molar-refractivity contribution in [3.8, 4) is 0 Å². The van der Waals surface area contributed by atoms with Crippen LogP contribution in [-0.4, -0.2) is 37.4 Å². The molecule has 1 N–H and O–H groups in total. The van der Waals surface area contributed by atoms with Crippen molar-refractivity contribution in [3.05, 3.63) is 29.3 Å². The molecule has 1 aromatic carbocycles. The highest BCUT2D eigenvalue weighted by atomic mass is 32.2. The third kappa shape index (κ3) is 3.51. The summed E-state index contributed by atoms with van der Waals surface area (Å²) in [6.45, 7) is 1.73. The largest absolute Gasteiger partial charge is 0.351 e. The zero-order chi connectivity index (χ0) is 13.9. The number of fused-ring (bicyclic) bond motifs is 1. The van der Waals surface area contributed by atoms with Crippen LogP contribution in [-0.2, 0) is 9.84 Å². The maximum absolute atomic E-state index is 11.9. The molecule has 0 bridgehead atoms. The van der Waals surface area contributed by atoms with E-state index in [-0.39, 0.29) is 24.0 Å². The minimum absolute atomic E-state index is 0.0297. The Labute approximate surface area is 115 Å². The summed E-state index contributed by atoms with van der Waals surface area (Å²) in [5.41, 5.74) is 3.10. The first kappa shape index (κ1) is 14.0. The minimum atomic E-state index is -3.05. The van der Waals surface area contributed by atoms with Gasteiger partial charge in [0.2, 0.25) is 0 Å². The number of nitrogens with one attached hydrogen (secondary N) is 1. The molecule has 102 valence electrons. The summed E-state index contributed by atoms with van der Waals surface area (Å²) in [6.07, 6.45) is 0. The van der Waals surface area contributed by atoms with Gasteiger partial charge in [-0.05, 0) is 18.2 Å². The van der Waals surface area contributed by atoms with Crippen molar-refractivity contribution in [2.45, 2.75) is 6.92 Å². The molecule has 19 heavy (non-hydrogen) atoms. The van der Waals surface area contributed by atoms with Crippen molar-refractivity contribution in [1.29, 1.82) is 0 Å². The van der Waals surface area contributed by atoms with Gasteiger partial charge in [-0.1, -0.05) is 6.92 Å². The van der Waals surface area contributed by atoms with Crippen LogP contribution in [0.5, 0.6) is 0 Å². The number of nitrogens with zero attached hydrogens (tertiary/aromatic N) is 1. The van der Waals surface area contributed by atoms with Crippen molar-refractivity contribution in [2.24, 2.45) is 0 Å². The van der Waals surface area contributed by atoms with Gasteiger partial charge in [-0.25, -0.2) is 13.4 Å². The van der Waals surface area contributed by atoms with Gasteiger partial charge in [0.15, 0.2) is 9.84 Å². The topological polar surface area (TPSA) is 76.1 Å². The van der Waals surface area contributed by atoms with E-state index in [4.69, 9.17) is 0 Å². The third-order valence-electron chi connectivity index (χ3n) is 2.73. The van der Waals surface area contributed by atoms with Crippen molar-refractivity contribution in [3.63, 3.8) is 0 Å². The molecule has 0 saturated heterocycles. The van der Waals surface area contributed by atoms with Crippen LogP contribution in [0, 0.1) is 0 Å². The van der Waals surface area contributed by atoms with Crippen LogP contribution in [0.1, 0.15) is 17.3 Å². The molecular weight excluding hydrogens is 284 g/mol. The Morgan fingerprint density at radius 1 is 1.42 bits per heavy atom. The van der Waals surface area contributed by atoms with Gasteiger partial charge in [0, 0.05) is 17.9 Å². The van der Waals surface area contributed by atoms with E-state index < -0.39 is 9.84 Å². The van der Waals surface area contributed by atoms with Gasteiger partial charge in [0.1, 0.15) is 0 Å². The SMILES string of the molecule is CCS(=O)(=O)CCNC(=O)c1ccc2ncsc2c1. The third-order valence-corrected chi connectivity index (χ3v) is 5.23.